The first-order valence-corrected chi connectivity index (χ1v) is 9.12. The second kappa shape index (κ2) is 7.02. The van der Waals surface area contributed by atoms with Crippen LogP contribution in [0.5, 0.6) is 0 Å². The Bertz CT molecular complexity index is 448. The summed E-state index contributed by atoms with van der Waals surface area (Å²) < 4.78 is 0.768. The molecule has 1 saturated heterocycles. The Labute approximate surface area is 130 Å². The van der Waals surface area contributed by atoms with Crippen LogP contribution >= 0.6 is 39.5 Å². The maximum absolute atomic E-state index is 12.1. The molecule has 1 aromatic rings. The van der Waals surface area contributed by atoms with Crippen LogP contribution in [-0.2, 0) is 0 Å². The lowest BCUT2D eigenvalue weighted by Gasteiger charge is -2.25. The number of aliphatic hydroxyl groups is 1. The van der Waals surface area contributed by atoms with Gasteiger partial charge in [0.2, 0.25) is 0 Å². The minimum absolute atomic E-state index is 0.153. The van der Waals surface area contributed by atoms with Crippen LogP contribution in [0, 0.1) is 0 Å². The Morgan fingerprint density at radius 3 is 2.58 bits per heavy atom. The second-order valence-corrected chi connectivity index (χ2v) is 7.56. The number of benzene rings is 1. The van der Waals surface area contributed by atoms with Crippen LogP contribution < -0.4 is 5.32 Å². The van der Waals surface area contributed by atoms with Gasteiger partial charge in [0.15, 0.2) is 0 Å². The van der Waals surface area contributed by atoms with E-state index >= 15 is 0 Å². The van der Waals surface area contributed by atoms with Crippen LogP contribution in [0.1, 0.15) is 10.4 Å². The molecule has 19 heavy (non-hydrogen) atoms. The number of carbonyl (C=O) groups is 1. The SMILES string of the molecule is O=C(NCC1(O)CSCCSC1)c1ccccc1Br. The summed E-state index contributed by atoms with van der Waals surface area (Å²) in [5.74, 6) is 3.32. The molecule has 3 nitrogen and oxygen atoms in total. The normalized spacial score (nSPS) is 18.6. The van der Waals surface area contributed by atoms with Gasteiger partial charge in [0, 0.05) is 34.0 Å². The number of amides is 1. The molecule has 1 heterocycles. The molecule has 0 unspecified atom stereocenters. The number of hydrogen-bond acceptors (Lipinski definition) is 4. The fraction of sp³-hybridized carbons (Fsp3) is 0.462. The van der Waals surface area contributed by atoms with Crippen molar-refractivity contribution in [3.05, 3.63) is 34.3 Å². The zero-order valence-corrected chi connectivity index (χ0v) is 13.6. The molecule has 0 spiro atoms. The van der Waals surface area contributed by atoms with Crippen molar-refractivity contribution in [2.75, 3.05) is 29.6 Å². The van der Waals surface area contributed by atoms with E-state index in [0.29, 0.717) is 23.6 Å². The lowest BCUT2D eigenvalue weighted by molar-refractivity contribution is 0.0753. The number of nitrogens with one attached hydrogen (secondary N) is 1. The number of rotatable bonds is 3. The Kier molecular flexibility index (Phi) is 5.62. The van der Waals surface area contributed by atoms with E-state index in [-0.39, 0.29) is 5.91 Å². The number of carbonyl (C=O) groups excluding carboxylic acids is 1. The summed E-state index contributed by atoms with van der Waals surface area (Å²) in [7, 11) is 0. The number of hydrogen-bond donors (Lipinski definition) is 2. The molecule has 1 aliphatic heterocycles. The van der Waals surface area contributed by atoms with E-state index in [9.17, 15) is 9.90 Å². The molecule has 0 radical (unpaired) electrons. The van der Waals surface area contributed by atoms with Gasteiger partial charge in [-0.15, -0.1) is 0 Å². The summed E-state index contributed by atoms with van der Waals surface area (Å²) in [5, 5.41) is 13.3. The summed E-state index contributed by atoms with van der Waals surface area (Å²) in [5.41, 5.74) is -0.206. The highest BCUT2D eigenvalue weighted by molar-refractivity contribution is 9.10. The maximum Gasteiger partial charge on any atom is 0.252 e. The molecule has 6 heteroatoms. The molecular formula is C13H16BrNO2S2. The third-order valence-corrected chi connectivity index (χ3v) is 6.23. The summed E-state index contributed by atoms with van der Waals surface area (Å²) in [6, 6.07) is 7.29. The smallest absolute Gasteiger partial charge is 0.252 e. The Morgan fingerprint density at radius 1 is 1.32 bits per heavy atom. The van der Waals surface area contributed by atoms with Gasteiger partial charge in [-0.1, -0.05) is 12.1 Å². The maximum atomic E-state index is 12.1. The quantitative estimate of drug-likeness (QED) is 0.867. The predicted octanol–water partition coefficient (Wildman–Crippen LogP) is 2.39. The van der Waals surface area contributed by atoms with Crippen LogP contribution in [0.25, 0.3) is 0 Å². The van der Waals surface area contributed by atoms with Crippen molar-refractivity contribution < 1.29 is 9.90 Å². The van der Waals surface area contributed by atoms with Gasteiger partial charge in [-0.3, -0.25) is 4.79 Å². The minimum Gasteiger partial charge on any atom is -0.386 e. The lowest BCUT2D eigenvalue weighted by Crippen LogP contribution is -2.46. The average molecular weight is 362 g/mol. The Morgan fingerprint density at radius 2 is 1.95 bits per heavy atom. The van der Waals surface area contributed by atoms with Gasteiger partial charge in [-0.25, -0.2) is 0 Å². The van der Waals surface area contributed by atoms with Crippen molar-refractivity contribution in [2.45, 2.75) is 5.60 Å². The monoisotopic (exact) mass is 361 g/mol. The van der Waals surface area contributed by atoms with Gasteiger partial charge >= 0.3 is 0 Å². The van der Waals surface area contributed by atoms with Crippen molar-refractivity contribution in [3.63, 3.8) is 0 Å². The summed E-state index contributed by atoms with van der Waals surface area (Å²) in [4.78, 5) is 12.1. The van der Waals surface area contributed by atoms with Crippen molar-refractivity contribution in [1.82, 2.24) is 5.32 Å². The van der Waals surface area contributed by atoms with E-state index in [1.165, 1.54) is 0 Å². The zero-order valence-electron chi connectivity index (χ0n) is 10.4. The first-order valence-electron chi connectivity index (χ1n) is 6.01. The molecule has 1 aliphatic rings. The van der Waals surface area contributed by atoms with E-state index in [4.69, 9.17) is 0 Å². The molecule has 0 aromatic heterocycles. The van der Waals surface area contributed by atoms with E-state index in [1.807, 2.05) is 18.2 Å². The highest BCUT2D eigenvalue weighted by atomic mass is 79.9. The second-order valence-electron chi connectivity index (χ2n) is 4.49. The van der Waals surface area contributed by atoms with Gasteiger partial charge in [0.25, 0.3) is 5.91 Å². The molecule has 2 rings (SSSR count). The third kappa shape index (κ3) is 4.41. The zero-order chi connectivity index (χ0) is 13.7. The first-order chi connectivity index (χ1) is 9.11. The minimum atomic E-state index is -0.803. The van der Waals surface area contributed by atoms with E-state index < -0.39 is 5.60 Å². The molecule has 1 aromatic carbocycles. The molecule has 0 aliphatic carbocycles. The van der Waals surface area contributed by atoms with Crippen LogP contribution in [0.2, 0.25) is 0 Å². The summed E-state index contributed by atoms with van der Waals surface area (Å²) >= 11 is 6.84. The Hall–Kier alpha value is -0.170. The topological polar surface area (TPSA) is 49.3 Å². The van der Waals surface area contributed by atoms with E-state index in [1.54, 1.807) is 29.6 Å². The predicted molar refractivity (Wildman–Crippen MR) is 86.1 cm³/mol. The van der Waals surface area contributed by atoms with Crippen LogP contribution in [-0.4, -0.2) is 46.2 Å². The highest BCUT2D eigenvalue weighted by Crippen LogP contribution is 2.24. The summed E-state index contributed by atoms with van der Waals surface area (Å²) in [6.07, 6.45) is 0. The van der Waals surface area contributed by atoms with E-state index in [2.05, 4.69) is 21.2 Å². The molecule has 0 atom stereocenters. The van der Waals surface area contributed by atoms with Gasteiger partial charge < -0.3 is 10.4 Å². The van der Waals surface area contributed by atoms with Gasteiger partial charge in [0.05, 0.1) is 11.2 Å². The van der Waals surface area contributed by atoms with Crippen LogP contribution in [0.3, 0.4) is 0 Å². The number of thioether (sulfide) groups is 2. The largest absolute Gasteiger partial charge is 0.386 e. The van der Waals surface area contributed by atoms with Crippen molar-refractivity contribution in [3.8, 4) is 0 Å². The molecule has 0 bridgehead atoms. The van der Waals surface area contributed by atoms with Gasteiger partial charge in [-0.2, -0.15) is 23.5 Å². The van der Waals surface area contributed by atoms with E-state index in [0.717, 1.165) is 16.0 Å². The standard InChI is InChI=1S/C13H16BrNO2S2/c14-11-4-2-1-3-10(11)12(16)15-7-13(17)8-18-5-6-19-9-13/h1-4,17H,5-9H2,(H,15,16). The molecule has 0 saturated carbocycles. The molecule has 1 amide bonds. The van der Waals surface area contributed by atoms with Crippen LogP contribution in [0.4, 0.5) is 0 Å². The van der Waals surface area contributed by atoms with Crippen molar-refractivity contribution in [2.24, 2.45) is 0 Å². The molecule has 2 N–H and O–H groups in total. The fourth-order valence-electron chi connectivity index (χ4n) is 1.77. The van der Waals surface area contributed by atoms with Crippen LogP contribution in [0.15, 0.2) is 28.7 Å². The average Bonchev–Trinajstić information content (AvgIpc) is 2.62. The van der Waals surface area contributed by atoms with Crippen molar-refractivity contribution in [1.29, 1.82) is 0 Å². The summed E-state index contributed by atoms with van der Waals surface area (Å²) in [6.45, 7) is 0.299. The van der Waals surface area contributed by atoms with Crippen molar-refractivity contribution >= 4 is 45.4 Å². The third-order valence-electron chi connectivity index (χ3n) is 2.81. The molecule has 104 valence electrons. The van der Waals surface area contributed by atoms with Gasteiger partial charge in [-0.05, 0) is 28.1 Å². The molecule has 1 fully saturated rings. The lowest BCUT2D eigenvalue weighted by atomic mass is 10.1. The first kappa shape index (κ1) is 15.2. The Balaban J connectivity index is 1.94. The van der Waals surface area contributed by atoms with Gasteiger partial charge in [0.1, 0.15) is 0 Å². The fourth-order valence-corrected chi connectivity index (χ4v) is 4.76. The highest BCUT2D eigenvalue weighted by Gasteiger charge is 2.29. The number of halogens is 1. The molecular weight excluding hydrogens is 346 g/mol.